The van der Waals surface area contributed by atoms with Crippen LogP contribution in [0.2, 0.25) is 0 Å². The first-order valence-electron chi connectivity index (χ1n) is 10.5. The van der Waals surface area contributed by atoms with Crippen molar-refractivity contribution in [2.24, 2.45) is 0 Å². The summed E-state index contributed by atoms with van der Waals surface area (Å²) in [4.78, 5) is 34.0. The molecule has 0 radical (unpaired) electrons. The third-order valence-corrected chi connectivity index (χ3v) is 4.92. The number of benzene rings is 1. The second-order valence-electron chi connectivity index (χ2n) is 7.32. The first kappa shape index (κ1) is 37.0. The minimum Gasteiger partial charge on any atom is -1.00 e. The van der Waals surface area contributed by atoms with Gasteiger partial charge in [-0.2, -0.15) is 0 Å². The van der Waals surface area contributed by atoms with E-state index in [0.29, 0.717) is 12.2 Å². The van der Waals surface area contributed by atoms with Crippen LogP contribution in [-0.4, -0.2) is 39.8 Å². The molecule has 0 saturated heterocycles. The summed E-state index contributed by atoms with van der Waals surface area (Å²) >= 11 is 0. The molecule has 1 aromatic carbocycles. The molecule has 0 unspecified atom stereocenters. The average molecular weight is 480 g/mol. The molecule has 4 N–H and O–H groups in total. The van der Waals surface area contributed by atoms with Gasteiger partial charge in [0.2, 0.25) is 0 Å². The maximum absolute atomic E-state index is 11.3. The number of carboxylic acid groups (broad SMARTS) is 3. The van der Waals surface area contributed by atoms with Crippen LogP contribution in [0.4, 0.5) is 5.69 Å². The Morgan fingerprint density at radius 3 is 1.41 bits per heavy atom. The van der Waals surface area contributed by atoms with Crippen molar-refractivity contribution in [2.45, 2.75) is 77.6 Å². The number of hydrogen-bond acceptors (Lipinski definition) is 4. The van der Waals surface area contributed by atoms with E-state index in [-0.39, 0.29) is 93.0 Å². The molecule has 10 heteroatoms. The molecule has 0 spiro atoms. The molecule has 0 saturated carbocycles. The second-order valence-corrected chi connectivity index (χ2v) is 7.32. The van der Waals surface area contributed by atoms with Crippen LogP contribution in [0, 0.1) is 0 Å². The average Bonchev–Trinajstić information content (AvgIpc) is 2.67. The van der Waals surface area contributed by atoms with Crippen LogP contribution >= 0.6 is 0 Å². The van der Waals surface area contributed by atoms with Crippen molar-refractivity contribution in [3.8, 4) is 0 Å². The summed E-state index contributed by atoms with van der Waals surface area (Å²) in [6, 6.07) is 2.35. The molecular formula is C22H36NNa3O6. The zero-order chi connectivity index (χ0) is 21.6. The Morgan fingerprint density at radius 1 is 0.688 bits per heavy atom. The van der Waals surface area contributed by atoms with Crippen molar-refractivity contribution < 1.29 is 123 Å². The smallest absolute Gasteiger partial charge is 1.00 e. The van der Waals surface area contributed by atoms with Crippen LogP contribution in [-0.2, 0) is 0 Å². The number of unbranched alkanes of at least 4 members (excludes halogenated alkanes) is 10. The molecule has 0 amide bonds. The topological polar surface area (TPSA) is 124 Å². The molecule has 0 aliphatic heterocycles. The minimum atomic E-state index is -1.57. The van der Waals surface area contributed by atoms with Gasteiger partial charge in [0, 0.05) is 12.2 Å². The Balaban J connectivity index is -0.000000350. The third-order valence-electron chi connectivity index (χ3n) is 4.92. The number of hydrogen-bond donors (Lipinski definition) is 4. The molecule has 32 heavy (non-hydrogen) atoms. The van der Waals surface area contributed by atoms with E-state index in [1.807, 2.05) is 0 Å². The summed E-state index contributed by atoms with van der Waals surface area (Å²) in [7, 11) is 0. The summed E-state index contributed by atoms with van der Waals surface area (Å²) in [6.45, 7) is 2.79. The number of anilines is 1. The molecular weight excluding hydrogens is 443 g/mol. The van der Waals surface area contributed by atoms with Gasteiger partial charge in [0.05, 0.1) is 16.7 Å². The maximum Gasteiger partial charge on any atom is 1.00 e. The second kappa shape index (κ2) is 21.9. The number of rotatable bonds is 16. The standard InChI is InChI=1S/C22H33NO6.3Na.3H/c1-2-3-4-5-6-7-8-9-10-11-12-13-23-16-14-17(20(24)25)19(22(28)29)18(15-16)21(26)27;;;;;;/h14-15,23H,2-13H2,1H3,(H,24,25)(H,26,27)(H,28,29);;;;;;/q;3*+1;3*-1. The largest absolute Gasteiger partial charge is 1.00 e. The fraction of sp³-hybridized carbons (Fsp3) is 0.591. The molecule has 0 atom stereocenters. The van der Waals surface area contributed by atoms with E-state index < -0.39 is 34.6 Å². The molecule has 7 nitrogen and oxygen atoms in total. The molecule has 168 valence electrons. The summed E-state index contributed by atoms with van der Waals surface area (Å²) in [5, 5.41) is 30.7. The van der Waals surface area contributed by atoms with E-state index in [2.05, 4.69) is 12.2 Å². The zero-order valence-corrected chi connectivity index (χ0v) is 26.2. The first-order chi connectivity index (χ1) is 13.9. The number of nitrogens with one attached hydrogen (secondary N) is 1. The molecule has 0 aromatic heterocycles. The quantitative estimate of drug-likeness (QED) is 0.146. The third kappa shape index (κ3) is 14.6. The van der Waals surface area contributed by atoms with Gasteiger partial charge in [-0.1, -0.05) is 71.1 Å². The van der Waals surface area contributed by atoms with Crippen molar-refractivity contribution in [1.29, 1.82) is 0 Å². The van der Waals surface area contributed by atoms with E-state index >= 15 is 0 Å². The first-order valence-corrected chi connectivity index (χ1v) is 10.5. The summed E-state index contributed by atoms with van der Waals surface area (Å²) in [5.41, 5.74) is -1.46. The number of carboxylic acids is 3. The SMILES string of the molecule is CCCCCCCCCCCCCNc1cc(C(=O)O)c(C(=O)O)c(C(=O)O)c1.[H-].[H-].[H-].[Na+].[Na+].[Na+]. The van der Waals surface area contributed by atoms with Gasteiger partial charge in [-0.15, -0.1) is 0 Å². The van der Waals surface area contributed by atoms with Gasteiger partial charge in [0.25, 0.3) is 0 Å². The molecule has 1 rings (SSSR count). The van der Waals surface area contributed by atoms with E-state index in [1.165, 1.54) is 63.5 Å². The Bertz CT molecular complexity index is 680. The van der Waals surface area contributed by atoms with Crippen molar-refractivity contribution >= 4 is 23.6 Å². The van der Waals surface area contributed by atoms with Gasteiger partial charge in [0.1, 0.15) is 0 Å². The van der Waals surface area contributed by atoms with Crippen LogP contribution in [0.25, 0.3) is 0 Å². The molecule has 0 bridgehead atoms. The maximum atomic E-state index is 11.3. The Labute approximate surface area is 261 Å². The van der Waals surface area contributed by atoms with Crippen LogP contribution in [0.5, 0.6) is 0 Å². The van der Waals surface area contributed by atoms with Gasteiger partial charge >= 0.3 is 107 Å². The van der Waals surface area contributed by atoms with Crippen molar-refractivity contribution in [3.63, 3.8) is 0 Å². The van der Waals surface area contributed by atoms with Gasteiger partial charge in [-0.3, -0.25) is 0 Å². The van der Waals surface area contributed by atoms with Gasteiger partial charge in [-0.05, 0) is 18.6 Å². The summed E-state index contributed by atoms with van der Waals surface area (Å²) < 4.78 is 0. The number of aromatic carboxylic acids is 3. The molecule has 0 heterocycles. The fourth-order valence-electron chi connectivity index (χ4n) is 3.33. The van der Waals surface area contributed by atoms with Crippen molar-refractivity contribution in [2.75, 3.05) is 11.9 Å². The van der Waals surface area contributed by atoms with Gasteiger partial charge in [-0.25, -0.2) is 14.4 Å². The van der Waals surface area contributed by atoms with Gasteiger partial charge in [0.15, 0.2) is 0 Å². The van der Waals surface area contributed by atoms with Crippen molar-refractivity contribution in [1.82, 2.24) is 0 Å². The Hall–Kier alpha value is 0.430. The van der Waals surface area contributed by atoms with Crippen molar-refractivity contribution in [3.05, 3.63) is 28.8 Å². The van der Waals surface area contributed by atoms with Crippen LogP contribution < -0.4 is 94.0 Å². The number of carbonyl (C=O) groups is 3. The Kier molecular flexibility index (Phi) is 25.3. The Morgan fingerprint density at radius 2 is 1.06 bits per heavy atom. The van der Waals surface area contributed by atoms with E-state index in [1.54, 1.807) is 0 Å². The van der Waals surface area contributed by atoms with E-state index in [9.17, 15) is 29.7 Å². The molecule has 0 aliphatic carbocycles. The summed E-state index contributed by atoms with van der Waals surface area (Å²) in [5.74, 6) is -4.51. The van der Waals surface area contributed by atoms with E-state index in [4.69, 9.17) is 0 Å². The molecule has 1 aromatic rings. The van der Waals surface area contributed by atoms with Crippen LogP contribution in [0.3, 0.4) is 0 Å². The normalized spacial score (nSPS) is 9.66. The predicted molar refractivity (Wildman–Crippen MR) is 116 cm³/mol. The predicted octanol–water partition coefficient (Wildman–Crippen LogP) is -3.15. The van der Waals surface area contributed by atoms with Crippen LogP contribution in [0.15, 0.2) is 12.1 Å². The minimum absolute atomic E-state index is 0. The van der Waals surface area contributed by atoms with E-state index in [0.717, 1.165) is 19.3 Å². The molecule has 0 aliphatic rings. The fourth-order valence-corrected chi connectivity index (χ4v) is 3.33. The summed E-state index contributed by atoms with van der Waals surface area (Å²) in [6.07, 6.45) is 13.4. The molecule has 0 fully saturated rings. The zero-order valence-electron chi connectivity index (χ0n) is 23.2. The van der Waals surface area contributed by atoms with Gasteiger partial charge < -0.3 is 24.9 Å². The van der Waals surface area contributed by atoms with Crippen LogP contribution in [0.1, 0.15) is 113 Å². The monoisotopic (exact) mass is 479 g/mol.